The van der Waals surface area contributed by atoms with Gasteiger partial charge in [0.25, 0.3) is 10.2 Å². The molecule has 1 fully saturated rings. The van der Waals surface area contributed by atoms with Crippen molar-refractivity contribution in [2.75, 3.05) is 6.61 Å². The predicted molar refractivity (Wildman–Crippen MR) is 70.5 cm³/mol. The Kier molecular flexibility index (Phi) is 4.44. The first kappa shape index (κ1) is 17.1. The molecule has 14 heteroatoms. The molecule has 0 radical (unpaired) electrons. The van der Waals surface area contributed by atoms with Crippen LogP contribution in [0.5, 0.6) is 0 Å². The van der Waals surface area contributed by atoms with E-state index in [1.165, 1.54) is 0 Å². The highest BCUT2D eigenvalue weighted by Gasteiger charge is 2.64. The largest absolute Gasteiger partial charge is 0.394 e. The molecule has 1 amide bonds. The molecular formula is C8H13N5O7S2. The number of rotatable bonds is 4. The molecule has 4 atom stereocenters. The van der Waals surface area contributed by atoms with Crippen molar-refractivity contribution in [3.05, 3.63) is 6.33 Å². The van der Waals surface area contributed by atoms with Gasteiger partial charge < -0.3 is 25.8 Å². The first-order valence-electron chi connectivity index (χ1n) is 5.68. The molecule has 1 saturated heterocycles. The Bertz CT molecular complexity index is 678. The Morgan fingerprint density at radius 2 is 2.23 bits per heavy atom. The number of primary amides is 1. The number of aliphatic hydroxyl groups excluding tert-OH is 2. The van der Waals surface area contributed by atoms with Crippen molar-refractivity contribution in [2.45, 2.75) is 28.5 Å². The first-order chi connectivity index (χ1) is 10.1. The Morgan fingerprint density at radius 3 is 2.73 bits per heavy atom. The van der Waals surface area contributed by atoms with Crippen LogP contribution in [0.25, 0.3) is 0 Å². The zero-order chi connectivity index (χ0) is 16.7. The van der Waals surface area contributed by atoms with Crippen LogP contribution in [-0.4, -0.2) is 67.5 Å². The van der Waals surface area contributed by atoms with Gasteiger partial charge in [0.15, 0.2) is 6.23 Å². The summed E-state index contributed by atoms with van der Waals surface area (Å²) in [6.45, 7) is -0.771. The van der Waals surface area contributed by atoms with Crippen LogP contribution in [0.2, 0.25) is 0 Å². The lowest BCUT2D eigenvalue weighted by Gasteiger charge is -2.27. The van der Waals surface area contributed by atoms with E-state index in [-0.39, 0.29) is 5.16 Å². The quantitative estimate of drug-likeness (QED) is 0.340. The summed E-state index contributed by atoms with van der Waals surface area (Å²) in [7, 11) is -4.72. The van der Waals surface area contributed by atoms with E-state index in [2.05, 4.69) is 10.1 Å². The maximum absolute atomic E-state index is 11.7. The average molecular weight is 355 g/mol. The molecular weight excluding hydrogens is 342 g/mol. The molecule has 1 aromatic rings. The Balaban J connectivity index is 2.43. The van der Waals surface area contributed by atoms with Crippen molar-refractivity contribution in [1.29, 1.82) is 0 Å². The van der Waals surface area contributed by atoms with Gasteiger partial charge in [-0.15, -0.1) is 5.10 Å². The van der Waals surface area contributed by atoms with E-state index in [1.807, 2.05) is 0 Å². The van der Waals surface area contributed by atoms with Gasteiger partial charge in [-0.05, 0) is 0 Å². The second kappa shape index (κ2) is 5.73. The van der Waals surface area contributed by atoms with Gasteiger partial charge in [-0.3, -0.25) is 4.79 Å². The molecule has 0 aromatic carbocycles. The molecule has 1 aliphatic rings. The van der Waals surface area contributed by atoms with Gasteiger partial charge >= 0.3 is 0 Å². The number of hydrogen-bond donors (Lipinski definition) is 5. The fraction of sp³-hybridized carbons (Fsp3) is 0.625. The van der Waals surface area contributed by atoms with Gasteiger partial charge in [0.2, 0.25) is 15.2 Å². The summed E-state index contributed by atoms with van der Waals surface area (Å²) >= 11 is 0.459. The van der Waals surface area contributed by atoms with E-state index in [1.54, 1.807) is 0 Å². The number of aliphatic hydroxyl groups is 3. The fourth-order valence-electron chi connectivity index (χ4n) is 1.96. The summed E-state index contributed by atoms with van der Waals surface area (Å²) in [6, 6.07) is 0. The predicted octanol–water partition coefficient (Wildman–Crippen LogP) is -3.32. The molecule has 0 unspecified atom stereocenters. The van der Waals surface area contributed by atoms with Gasteiger partial charge in [-0.2, -0.15) is 0 Å². The van der Waals surface area contributed by atoms with Gasteiger partial charge in [-0.1, -0.05) is 0 Å². The maximum Gasteiger partial charge on any atom is 0.284 e. The number of hydrogen-bond acceptors (Lipinski definition) is 10. The zero-order valence-corrected chi connectivity index (χ0v) is 12.4. The second-order valence-electron chi connectivity index (χ2n) is 4.38. The minimum Gasteiger partial charge on any atom is -0.394 e. The zero-order valence-electron chi connectivity index (χ0n) is 10.8. The Labute approximate surface area is 128 Å². The topological polar surface area (TPSA) is 204 Å². The van der Waals surface area contributed by atoms with Crippen molar-refractivity contribution < 1.29 is 33.3 Å². The highest BCUT2D eigenvalue weighted by Crippen LogP contribution is 2.40. The number of primary sulfonamides is 1. The lowest BCUT2D eigenvalue weighted by molar-refractivity contribution is -0.0706. The van der Waals surface area contributed by atoms with Gasteiger partial charge in [0, 0.05) is 11.8 Å². The smallest absolute Gasteiger partial charge is 0.284 e. The van der Waals surface area contributed by atoms with E-state index < -0.39 is 45.2 Å². The van der Waals surface area contributed by atoms with Crippen LogP contribution < -0.4 is 10.9 Å². The highest BCUT2D eigenvalue weighted by molar-refractivity contribution is 8.13. The van der Waals surface area contributed by atoms with Gasteiger partial charge in [0.1, 0.15) is 18.5 Å². The summed E-state index contributed by atoms with van der Waals surface area (Å²) in [5, 5.41) is 37.0. The normalized spacial score (nSPS) is 32.3. The standard InChI is InChI=1S/C8H13N5O7S2/c9-6(16)21-7-11-2-13(12-7)5-8(17,22(10,18)19)4(15)3(1-14)20-5/h2-5,14-15,17H,1H2,(H2,9,16)(H2,10,18,19)/t3-,4-,5-,8+/m1/s1. The number of ether oxygens (including phenoxy) is 1. The first-order valence-corrected chi connectivity index (χ1v) is 8.05. The summed E-state index contributed by atoms with van der Waals surface area (Å²) in [5.74, 6) is 0. The molecule has 1 aromatic heterocycles. The van der Waals surface area contributed by atoms with Gasteiger partial charge in [-0.25, -0.2) is 23.2 Å². The van der Waals surface area contributed by atoms with Crippen LogP contribution in [0.15, 0.2) is 11.5 Å². The van der Waals surface area contributed by atoms with Crippen molar-refractivity contribution >= 4 is 27.0 Å². The summed E-state index contributed by atoms with van der Waals surface area (Å²) in [4.78, 5) is 11.5. The second-order valence-corrected chi connectivity index (χ2v) is 7.10. The molecule has 7 N–H and O–H groups in total. The van der Waals surface area contributed by atoms with Crippen LogP contribution in [-0.2, 0) is 14.8 Å². The van der Waals surface area contributed by atoms with Crippen molar-refractivity contribution in [2.24, 2.45) is 10.9 Å². The van der Waals surface area contributed by atoms with Crippen molar-refractivity contribution in [3.8, 4) is 0 Å². The number of nitrogens with two attached hydrogens (primary N) is 2. The highest BCUT2D eigenvalue weighted by atomic mass is 32.2. The van der Waals surface area contributed by atoms with E-state index in [0.29, 0.717) is 11.8 Å². The number of carbonyl (C=O) groups excluding carboxylic acids is 1. The lowest BCUT2D eigenvalue weighted by atomic mass is 10.1. The number of nitrogens with zero attached hydrogens (tertiary/aromatic N) is 3. The number of thioether (sulfide) groups is 1. The molecule has 0 spiro atoms. The molecule has 2 rings (SSSR count). The SMILES string of the molecule is NC(=O)Sc1ncn([C@@H]2O[C@H](CO)[C@@H](O)[C@]2(O)S(N)(=O)=O)n1. The van der Waals surface area contributed by atoms with E-state index in [0.717, 1.165) is 11.0 Å². The average Bonchev–Trinajstić information content (AvgIpc) is 2.93. The lowest BCUT2D eigenvalue weighted by Crippen LogP contribution is -2.56. The van der Waals surface area contributed by atoms with E-state index in [4.69, 9.17) is 20.7 Å². The number of carbonyl (C=O) groups is 1. The fourth-order valence-corrected chi connectivity index (χ4v) is 3.31. The number of sulfonamides is 1. The van der Waals surface area contributed by atoms with Crippen LogP contribution in [0, 0.1) is 0 Å². The van der Waals surface area contributed by atoms with Gasteiger partial charge in [0.05, 0.1) is 6.61 Å². The third-order valence-electron chi connectivity index (χ3n) is 2.99. The summed E-state index contributed by atoms with van der Waals surface area (Å²) < 4.78 is 29.2. The van der Waals surface area contributed by atoms with Crippen LogP contribution in [0.1, 0.15) is 6.23 Å². The third-order valence-corrected chi connectivity index (χ3v) is 4.91. The maximum atomic E-state index is 11.7. The molecule has 0 aliphatic carbocycles. The summed E-state index contributed by atoms with van der Waals surface area (Å²) in [5.41, 5.74) is 4.94. The summed E-state index contributed by atoms with van der Waals surface area (Å²) in [6.07, 6.45) is -4.25. The van der Waals surface area contributed by atoms with Crippen LogP contribution in [0.3, 0.4) is 0 Å². The monoisotopic (exact) mass is 355 g/mol. The van der Waals surface area contributed by atoms with Crippen LogP contribution >= 0.6 is 11.8 Å². The van der Waals surface area contributed by atoms with Crippen molar-refractivity contribution in [1.82, 2.24) is 14.8 Å². The third kappa shape index (κ3) is 2.69. The minimum absolute atomic E-state index is 0.130. The molecule has 2 heterocycles. The molecule has 22 heavy (non-hydrogen) atoms. The van der Waals surface area contributed by atoms with Crippen molar-refractivity contribution in [3.63, 3.8) is 0 Å². The number of amides is 1. The van der Waals surface area contributed by atoms with Crippen LogP contribution in [0.4, 0.5) is 4.79 Å². The molecule has 0 bridgehead atoms. The molecule has 124 valence electrons. The minimum atomic E-state index is -4.72. The molecule has 0 saturated carbocycles. The molecule has 1 aliphatic heterocycles. The van der Waals surface area contributed by atoms with E-state index in [9.17, 15) is 23.4 Å². The number of aromatic nitrogens is 3. The Hall–Kier alpha value is -1.29. The molecule has 12 nitrogen and oxygen atoms in total. The van der Waals surface area contributed by atoms with E-state index >= 15 is 0 Å². The Morgan fingerprint density at radius 1 is 1.59 bits per heavy atom.